The van der Waals surface area contributed by atoms with Crippen LogP contribution in [-0.2, 0) is 22.6 Å². The van der Waals surface area contributed by atoms with Gasteiger partial charge in [-0.2, -0.15) is 0 Å². The number of halogens is 2. The molecule has 0 radical (unpaired) electrons. The van der Waals surface area contributed by atoms with Gasteiger partial charge in [0.25, 0.3) is 5.91 Å². The number of amides is 1. The Hall–Kier alpha value is -5.53. The lowest BCUT2D eigenvalue weighted by Gasteiger charge is -2.21. The van der Waals surface area contributed by atoms with Crippen LogP contribution in [0.3, 0.4) is 0 Å². The number of carbonyl (C=O) groups excluding carboxylic acids is 1. The smallest absolute Gasteiger partial charge is 0.503 e. The average molecular weight is 847 g/mol. The van der Waals surface area contributed by atoms with Gasteiger partial charge >= 0.3 is 39.0 Å². The lowest BCUT2D eigenvalue weighted by Crippen LogP contribution is -3.98. The van der Waals surface area contributed by atoms with E-state index in [-0.39, 0.29) is 42.3 Å². The third-order valence-electron chi connectivity index (χ3n) is 6.25. The van der Waals surface area contributed by atoms with E-state index in [0.29, 0.717) is 11.3 Å². The monoisotopic (exact) mass is 846 g/mol. The number of carboxylic acids is 3. The van der Waals surface area contributed by atoms with Crippen LogP contribution in [0.4, 0.5) is 10.1 Å². The van der Waals surface area contributed by atoms with Gasteiger partial charge in [0.1, 0.15) is 23.7 Å². The summed E-state index contributed by atoms with van der Waals surface area (Å²) < 4.78 is 37.2. The van der Waals surface area contributed by atoms with Crippen molar-refractivity contribution in [3.8, 4) is 5.75 Å². The summed E-state index contributed by atoms with van der Waals surface area (Å²) in [5.74, 6) is -4.22. The van der Waals surface area contributed by atoms with Crippen molar-refractivity contribution in [3.05, 3.63) is 154 Å². The second-order valence-electron chi connectivity index (χ2n) is 10.0. The van der Waals surface area contributed by atoms with Crippen LogP contribution in [0.5, 0.6) is 5.75 Å². The number of thiophene rings is 1. The van der Waals surface area contributed by atoms with Gasteiger partial charge in [0.05, 0.1) is 12.1 Å². The lowest BCUT2D eigenvalue weighted by atomic mass is 10.1. The Balaban J connectivity index is 0.000000265. The van der Waals surface area contributed by atoms with E-state index in [1.807, 2.05) is 53.9 Å². The molecule has 1 aromatic heterocycles. The van der Waals surface area contributed by atoms with Gasteiger partial charge in [-0.1, -0.05) is 72.8 Å². The maximum atomic E-state index is 12.7. The Morgan fingerprint density at radius 3 is 1.92 bits per heavy atom. The van der Waals surface area contributed by atoms with E-state index in [1.54, 1.807) is 53.9 Å². The zero-order valence-corrected chi connectivity index (χ0v) is 30.0. The van der Waals surface area contributed by atoms with Crippen LogP contribution in [0.2, 0.25) is 0 Å². The summed E-state index contributed by atoms with van der Waals surface area (Å²) >= 11 is -2.21. The number of aromatic hydroxyl groups is 1. The minimum Gasteiger partial charge on any atom is -0.507 e. The average Bonchev–Trinajstić information content (AvgIpc) is 3.62. The Morgan fingerprint density at radius 2 is 1.40 bits per heavy atom. The van der Waals surface area contributed by atoms with Gasteiger partial charge in [-0.3, -0.25) is 19.4 Å². The SMILES string of the molecule is O=C(O)CN(Cc1ccccc1)C(=O)c1ccccc1.O=C(O)Cc1ccccc1F.O=C(O)c1ccc(N=Cc2cccs2)cc1O.[O-][I+2]([O-])O. The first-order valence-corrected chi connectivity index (χ1v) is 18.3. The molecule has 0 fully saturated rings. The second-order valence-corrected chi connectivity index (χ2v) is 12.2. The van der Waals surface area contributed by atoms with Crippen LogP contribution in [0.1, 0.15) is 36.7 Å². The maximum Gasteiger partial charge on any atom is 0.503 e. The van der Waals surface area contributed by atoms with Crippen molar-refractivity contribution in [1.82, 2.24) is 4.90 Å². The van der Waals surface area contributed by atoms with E-state index >= 15 is 0 Å². The van der Waals surface area contributed by atoms with E-state index in [1.165, 1.54) is 35.2 Å². The predicted octanol–water partition coefficient (Wildman–Crippen LogP) is 0.838. The van der Waals surface area contributed by atoms with E-state index in [4.69, 9.17) is 25.6 Å². The number of hydrogen-bond acceptors (Lipinski definition) is 10. The number of aliphatic imine (C=N–C) groups is 1. The number of hydrogen-bond donors (Lipinski definition) is 5. The highest BCUT2D eigenvalue weighted by atomic mass is 127. The minimum absolute atomic E-state index is 0.125. The lowest BCUT2D eigenvalue weighted by molar-refractivity contribution is -1.63. The summed E-state index contributed by atoms with van der Waals surface area (Å²) in [4.78, 5) is 50.6. The summed E-state index contributed by atoms with van der Waals surface area (Å²) in [6.45, 7) is -0.0382. The van der Waals surface area contributed by atoms with Gasteiger partial charge in [-0.25, -0.2) is 9.18 Å². The molecule has 0 atom stereocenters. The topological polar surface area (TPSA) is 231 Å². The molecule has 0 saturated carbocycles. The number of carboxylic acid groups (broad SMARTS) is 3. The van der Waals surface area contributed by atoms with E-state index in [2.05, 4.69) is 4.99 Å². The molecule has 16 heteroatoms. The molecule has 0 unspecified atom stereocenters. The molecular weight excluding hydrogens is 814 g/mol. The van der Waals surface area contributed by atoms with Crippen LogP contribution in [-0.4, -0.2) is 65.3 Å². The third-order valence-corrected chi connectivity index (χ3v) is 7.05. The minimum atomic E-state index is -3.76. The van der Waals surface area contributed by atoms with E-state index in [9.17, 15) is 28.7 Å². The molecule has 0 aliphatic rings. The number of aromatic carboxylic acids is 1. The zero-order chi connectivity index (χ0) is 38.5. The molecule has 1 amide bonds. The maximum absolute atomic E-state index is 12.7. The number of phenols is 1. The van der Waals surface area contributed by atoms with Gasteiger partial charge in [-0.05, 0) is 56.3 Å². The highest BCUT2D eigenvalue weighted by molar-refractivity contribution is 7.11. The van der Waals surface area contributed by atoms with Gasteiger partial charge < -0.3 is 32.2 Å². The molecular formula is C36H32FIN2O11S. The summed E-state index contributed by atoms with van der Waals surface area (Å²) in [6, 6.07) is 31.9. The fraction of sp³-hybridized carbons (Fsp3) is 0.0833. The van der Waals surface area contributed by atoms with Crippen molar-refractivity contribution in [2.45, 2.75) is 13.0 Å². The standard InChI is InChI=1S/C16H15NO3.C12H9NO3S.C8H7FO2.HIO3/c18-15(19)12-17(11-13-7-3-1-4-8-13)16(20)14-9-5-2-6-10-14;14-11-6-8(3-4-10(11)12(15)16)13-7-9-2-1-5-17-9;9-7-4-2-1-3-6(7)5-8(10)11;2-1(3)4/h1-10H,11-12H2,(H,18,19);1-7,14H,(H,15,16);1-4H,5H2,(H,10,11);2H. The number of nitrogens with zero attached hydrogens (tertiary/aromatic N) is 2. The van der Waals surface area contributed by atoms with Crippen molar-refractivity contribution in [2.75, 3.05) is 6.54 Å². The van der Waals surface area contributed by atoms with E-state index < -0.39 is 44.8 Å². The molecule has 5 aromatic rings. The molecule has 13 nitrogen and oxygen atoms in total. The Labute approximate surface area is 309 Å². The van der Waals surface area contributed by atoms with Gasteiger partial charge in [-0.15, -0.1) is 11.3 Å². The Kier molecular flexibility index (Phi) is 18.9. The van der Waals surface area contributed by atoms with Crippen LogP contribution in [0.15, 0.2) is 126 Å². The molecule has 5 N–H and O–H groups in total. The fourth-order valence-electron chi connectivity index (χ4n) is 4.02. The molecule has 0 aliphatic carbocycles. The largest absolute Gasteiger partial charge is 0.507 e. The van der Waals surface area contributed by atoms with Crippen LogP contribution in [0.25, 0.3) is 0 Å². The number of rotatable bonds is 10. The normalized spacial score (nSPS) is 10.1. The van der Waals surface area contributed by atoms with Gasteiger partial charge in [0.2, 0.25) is 0 Å². The summed E-state index contributed by atoms with van der Waals surface area (Å²) in [5.41, 5.74) is 2.00. The van der Waals surface area contributed by atoms with Crippen molar-refractivity contribution in [2.24, 2.45) is 4.99 Å². The molecule has 5 rings (SSSR count). The number of aliphatic carboxylic acids is 2. The number of benzene rings is 4. The first-order valence-electron chi connectivity index (χ1n) is 14.7. The Morgan fingerprint density at radius 1 is 0.808 bits per heavy atom. The summed E-state index contributed by atoms with van der Waals surface area (Å²) in [6.07, 6.45) is 1.41. The van der Waals surface area contributed by atoms with Crippen molar-refractivity contribution in [3.63, 3.8) is 0 Å². The highest BCUT2D eigenvalue weighted by Gasteiger charge is 2.18. The first-order chi connectivity index (χ1) is 24.8. The van der Waals surface area contributed by atoms with Crippen LogP contribution < -0.4 is 27.9 Å². The zero-order valence-electron chi connectivity index (χ0n) is 27.0. The molecule has 4 aromatic carbocycles. The van der Waals surface area contributed by atoms with Crippen LogP contribution >= 0.6 is 11.3 Å². The van der Waals surface area contributed by atoms with Gasteiger partial charge in [0, 0.05) is 29.3 Å². The van der Waals surface area contributed by atoms with Crippen molar-refractivity contribution >= 4 is 47.1 Å². The Bertz CT molecular complexity index is 1890. The predicted molar refractivity (Wildman–Crippen MR) is 182 cm³/mol. The molecule has 0 saturated heterocycles. The summed E-state index contributed by atoms with van der Waals surface area (Å²) in [5, 5.41) is 37.4. The molecule has 272 valence electrons. The third kappa shape index (κ3) is 16.9. The summed E-state index contributed by atoms with van der Waals surface area (Å²) in [7, 11) is 0. The quantitative estimate of drug-likeness (QED) is 0.0977. The molecule has 52 heavy (non-hydrogen) atoms. The molecule has 1 heterocycles. The first kappa shape index (κ1) is 42.6. The fourth-order valence-corrected chi connectivity index (χ4v) is 4.60. The highest BCUT2D eigenvalue weighted by Crippen LogP contribution is 2.24. The number of carbonyl (C=O) groups is 4. The van der Waals surface area contributed by atoms with Crippen molar-refractivity contribution in [1.29, 1.82) is 0 Å². The second kappa shape index (κ2) is 23.0. The van der Waals surface area contributed by atoms with E-state index in [0.717, 1.165) is 10.4 Å². The van der Waals surface area contributed by atoms with Crippen molar-refractivity contribution < 1.29 is 75.4 Å². The molecule has 0 aliphatic heterocycles. The molecule has 0 spiro atoms. The van der Waals surface area contributed by atoms with Gasteiger partial charge in [0.15, 0.2) is 0 Å². The molecule has 0 bridgehead atoms. The van der Waals surface area contributed by atoms with Crippen LogP contribution in [0, 0.1) is 5.82 Å².